The molecule has 0 atom stereocenters. The zero-order chi connectivity index (χ0) is 21.1. The number of carbonyl (C=O) groups is 1. The van der Waals surface area contributed by atoms with Gasteiger partial charge in [-0.1, -0.05) is 12.1 Å². The molecule has 0 aliphatic rings. The van der Waals surface area contributed by atoms with Gasteiger partial charge in [-0.2, -0.15) is 0 Å². The van der Waals surface area contributed by atoms with Crippen LogP contribution in [0.25, 0.3) is 22.4 Å². The predicted octanol–water partition coefficient (Wildman–Crippen LogP) is 4.17. The minimum atomic E-state index is -0.492. The van der Waals surface area contributed by atoms with Crippen LogP contribution in [0.4, 0.5) is 11.4 Å². The van der Waals surface area contributed by atoms with Gasteiger partial charge in [0.1, 0.15) is 11.6 Å². The molecule has 4 rings (SSSR count). The van der Waals surface area contributed by atoms with Crippen LogP contribution < -0.4 is 10.1 Å². The molecule has 0 aliphatic heterocycles. The summed E-state index contributed by atoms with van der Waals surface area (Å²) in [5.74, 6) is 0.896. The lowest BCUT2D eigenvalue weighted by Crippen LogP contribution is -2.20. The number of nitrogens with zero attached hydrogens (tertiary/aromatic N) is 3. The van der Waals surface area contributed by atoms with Gasteiger partial charge in [0.15, 0.2) is 6.61 Å². The number of anilines is 1. The van der Waals surface area contributed by atoms with Crippen LogP contribution in [0, 0.1) is 10.1 Å². The highest BCUT2D eigenvalue weighted by molar-refractivity contribution is 5.92. The quantitative estimate of drug-likeness (QED) is 0.385. The molecule has 0 fully saturated rings. The summed E-state index contributed by atoms with van der Waals surface area (Å²) in [5.41, 5.74) is 3.51. The number of ether oxygens (including phenoxy) is 1. The fourth-order valence-corrected chi connectivity index (χ4v) is 3.12. The molecule has 30 heavy (non-hydrogen) atoms. The standard InChI is InChI=1S/C22H18N4O4/c1-25-20-5-3-2-4-19(20)24-22(25)15-6-8-16(9-7-15)23-21(27)14-30-18-12-10-17(11-13-18)26(28)29/h2-13H,14H2,1H3,(H,23,27). The number of nitro benzene ring substituents is 1. The van der Waals surface area contributed by atoms with Gasteiger partial charge in [0.25, 0.3) is 11.6 Å². The van der Waals surface area contributed by atoms with E-state index in [1.807, 2.05) is 48.0 Å². The largest absolute Gasteiger partial charge is 0.484 e. The van der Waals surface area contributed by atoms with E-state index in [9.17, 15) is 14.9 Å². The van der Waals surface area contributed by atoms with E-state index in [4.69, 9.17) is 4.74 Å². The third-order valence-electron chi connectivity index (χ3n) is 4.63. The number of carbonyl (C=O) groups excluding carboxylic acids is 1. The summed E-state index contributed by atoms with van der Waals surface area (Å²) < 4.78 is 7.40. The molecule has 0 aliphatic carbocycles. The Morgan fingerprint density at radius 3 is 2.43 bits per heavy atom. The highest BCUT2D eigenvalue weighted by atomic mass is 16.6. The summed E-state index contributed by atoms with van der Waals surface area (Å²) in [4.78, 5) is 27.0. The van der Waals surface area contributed by atoms with Crippen molar-refractivity contribution in [1.82, 2.24) is 9.55 Å². The molecule has 3 aromatic carbocycles. The van der Waals surface area contributed by atoms with E-state index in [2.05, 4.69) is 10.3 Å². The van der Waals surface area contributed by atoms with E-state index < -0.39 is 4.92 Å². The number of non-ortho nitro benzene ring substituents is 1. The van der Waals surface area contributed by atoms with Crippen LogP contribution in [0.3, 0.4) is 0 Å². The van der Waals surface area contributed by atoms with Gasteiger partial charge in [-0.15, -0.1) is 0 Å². The molecule has 8 nitrogen and oxygen atoms in total. The van der Waals surface area contributed by atoms with Crippen molar-refractivity contribution in [2.24, 2.45) is 7.05 Å². The Balaban J connectivity index is 1.38. The smallest absolute Gasteiger partial charge is 0.269 e. The monoisotopic (exact) mass is 402 g/mol. The first kappa shape index (κ1) is 19.1. The normalized spacial score (nSPS) is 10.7. The number of para-hydroxylation sites is 2. The minimum absolute atomic E-state index is 0.0347. The van der Waals surface area contributed by atoms with Gasteiger partial charge in [-0.25, -0.2) is 4.98 Å². The number of nitrogens with one attached hydrogen (secondary N) is 1. The minimum Gasteiger partial charge on any atom is -0.484 e. The number of fused-ring (bicyclic) bond motifs is 1. The SMILES string of the molecule is Cn1c(-c2ccc(NC(=O)COc3ccc([N+](=O)[O-])cc3)cc2)nc2ccccc21. The summed E-state index contributed by atoms with van der Waals surface area (Å²) in [5, 5.41) is 13.4. The van der Waals surface area contributed by atoms with E-state index in [0.717, 1.165) is 22.4 Å². The maximum atomic E-state index is 12.1. The lowest BCUT2D eigenvalue weighted by molar-refractivity contribution is -0.384. The molecule has 0 spiro atoms. The summed E-state index contributed by atoms with van der Waals surface area (Å²) in [6.45, 7) is -0.204. The van der Waals surface area contributed by atoms with Crippen LogP contribution in [-0.4, -0.2) is 27.0 Å². The van der Waals surface area contributed by atoms with Crippen molar-refractivity contribution in [3.05, 3.63) is 82.9 Å². The van der Waals surface area contributed by atoms with Gasteiger partial charge in [0.2, 0.25) is 0 Å². The molecule has 0 bridgehead atoms. The maximum absolute atomic E-state index is 12.1. The molecule has 150 valence electrons. The Kier molecular flexibility index (Phi) is 5.13. The molecule has 1 N–H and O–H groups in total. The summed E-state index contributed by atoms with van der Waals surface area (Å²) in [6.07, 6.45) is 0. The van der Waals surface area contributed by atoms with E-state index in [-0.39, 0.29) is 18.2 Å². The topological polar surface area (TPSA) is 99.3 Å². The van der Waals surface area contributed by atoms with E-state index in [0.29, 0.717) is 11.4 Å². The highest BCUT2D eigenvalue weighted by Crippen LogP contribution is 2.24. The van der Waals surface area contributed by atoms with Crippen LogP contribution in [-0.2, 0) is 11.8 Å². The lowest BCUT2D eigenvalue weighted by Gasteiger charge is -2.08. The third-order valence-corrected chi connectivity index (χ3v) is 4.63. The molecule has 4 aromatic rings. The molecular weight excluding hydrogens is 384 g/mol. The van der Waals surface area contributed by atoms with Crippen molar-refractivity contribution in [1.29, 1.82) is 0 Å². The molecule has 0 radical (unpaired) electrons. The van der Waals surface area contributed by atoms with Crippen LogP contribution in [0.1, 0.15) is 0 Å². The molecule has 0 saturated carbocycles. The maximum Gasteiger partial charge on any atom is 0.269 e. The predicted molar refractivity (Wildman–Crippen MR) is 113 cm³/mol. The molecular formula is C22H18N4O4. The molecule has 1 heterocycles. The Morgan fingerprint density at radius 2 is 1.77 bits per heavy atom. The number of nitro groups is 1. The summed E-state index contributed by atoms with van der Waals surface area (Å²) in [7, 11) is 1.97. The number of rotatable bonds is 6. The number of benzene rings is 3. The first-order valence-corrected chi connectivity index (χ1v) is 9.20. The third kappa shape index (κ3) is 3.97. The van der Waals surface area contributed by atoms with E-state index in [1.165, 1.54) is 24.3 Å². The number of amides is 1. The fraction of sp³-hybridized carbons (Fsp3) is 0.0909. The van der Waals surface area contributed by atoms with Gasteiger partial charge in [-0.3, -0.25) is 14.9 Å². The van der Waals surface area contributed by atoms with Gasteiger partial charge in [0, 0.05) is 30.4 Å². The lowest BCUT2D eigenvalue weighted by atomic mass is 10.2. The number of aromatic nitrogens is 2. The van der Waals surface area contributed by atoms with Gasteiger partial charge in [-0.05, 0) is 48.5 Å². The Morgan fingerprint density at radius 1 is 1.07 bits per heavy atom. The molecule has 1 amide bonds. The van der Waals surface area contributed by atoms with Crippen LogP contribution in [0.15, 0.2) is 72.8 Å². The molecule has 1 aromatic heterocycles. The second-order valence-corrected chi connectivity index (χ2v) is 6.65. The van der Waals surface area contributed by atoms with Gasteiger partial charge >= 0.3 is 0 Å². The van der Waals surface area contributed by atoms with Crippen molar-refractivity contribution in [2.75, 3.05) is 11.9 Å². The summed E-state index contributed by atoms with van der Waals surface area (Å²) >= 11 is 0. The van der Waals surface area contributed by atoms with Crippen molar-refractivity contribution in [2.45, 2.75) is 0 Å². The first-order valence-electron chi connectivity index (χ1n) is 9.20. The van der Waals surface area contributed by atoms with Crippen molar-refractivity contribution < 1.29 is 14.5 Å². The molecule has 0 unspecified atom stereocenters. The fourth-order valence-electron chi connectivity index (χ4n) is 3.12. The second kappa shape index (κ2) is 8.04. The number of hydrogen-bond acceptors (Lipinski definition) is 5. The van der Waals surface area contributed by atoms with Crippen molar-refractivity contribution in [3.8, 4) is 17.1 Å². The van der Waals surface area contributed by atoms with Crippen LogP contribution in [0.2, 0.25) is 0 Å². The average molecular weight is 402 g/mol. The first-order chi connectivity index (χ1) is 14.5. The van der Waals surface area contributed by atoms with Crippen molar-refractivity contribution >= 4 is 28.3 Å². The Labute approximate surface area is 171 Å². The van der Waals surface area contributed by atoms with E-state index >= 15 is 0 Å². The zero-order valence-corrected chi connectivity index (χ0v) is 16.1. The highest BCUT2D eigenvalue weighted by Gasteiger charge is 2.10. The van der Waals surface area contributed by atoms with E-state index in [1.54, 1.807) is 12.1 Å². The molecule has 8 heteroatoms. The van der Waals surface area contributed by atoms with Gasteiger partial charge in [0.05, 0.1) is 16.0 Å². The van der Waals surface area contributed by atoms with Crippen LogP contribution in [0.5, 0.6) is 5.75 Å². The van der Waals surface area contributed by atoms with Crippen molar-refractivity contribution in [3.63, 3.8) is 0 Å². The van der Waals surface area contributed by atoms with Crippen LogP contribution >= 0.6 is 0 Å². The van der Waals surface area contributed by atoms with Gasteiger partial charge < -0.3 is 14.6 Å². The summed E-state index contributed by atoms with van der Waals surface area (Å²) in [6, 6.07) is 20.9. The molecule has 0 saturated heterocycles. The second-order valence-electron chi connectivity index (χ2n) is 6.65. The number of hydrogen-bond donors (Lipinski definition) is 1. The average Bonchev–Trinajstić information content (AvgIpc) is 3.10. The zero-order valence-electron chi connectivity index (χ0n) is 16.1. The Bertz CT molecular complexity index is 1210. The number of imidazole rings is 1. The number of aryl methyl sites for hydroxylation is 1. The Hall–Kier alpha value is -4.20.